The number of hydrogen-bond acceptors (Lipinski definition) is 7. The monoisotopic (exact) mass is 476 g/mol. The van der Waals surface area contributed by atoms with Crippen LogP contribution in [0, 0.1) is 0 Å². The Bertz CT molecular complexity index is 1220. The molecule has 9 heteroatoms. The molecule has 8 nitrogen and oxygen atoms in total. The van der Waals surface area contributed by atoms with Gasteiger partial charge in [0, 0.05) is 12.2 Å². The van der Waals surface area contributed by atoms with Crippen molar-refractivity contribution in [3.63, 3.8) is 0 Å². The van der Waals surface area contributed by atoms with Gasteiger partial charge in [-0.3, -0.25) is 9.59 Å². The molecule has 0 fully saturated rings. The van der Waals surface area contributed by atoms with Gasteiger partial charge >= 0.3 is 0 Å². The number of benzene rings is 2. The molecule has 0 atom stereocenters. The number of para-hydroxylation sites is 2. The Hall–Kier alpha value is -3.98. The molecule has 174 valence electrons. The molecule has 2 aromatic heterocycles. The number of anilines is 1. The molecule has 0 aliphatic rings. The van der Waals surface area contributed by atoms with E-state index in [-0.39, 0.29) is 25.0 Å². The molecule has 4 rings (SSSR count). The van der Waals surface area contributed by atoms with Crippen LogP contribution in [0.1, 0.15) is 29.6 Å². The zero-order valence-corrected chi connectivity index (χ0v) is 19.5. The van der Waals surface area contributed by atoms with Crippen molar-refractivity contribution in [1.82, 2.24) is 15.1 Å². The summed E-state index contributed by atoms with van der Waals surface area (Å²) >= 11 is 1.51. The molecule has 0 saturated carbocycles. The van der Waals surface area contributed by atoms with Crippen LogP contribution in [0.4, 0.5) is 5.69 Å². The third-order valence-corrected chi connectivity index (χ3v) is 5.74. The molecule has 0 radical (unpaired) electrons. The van der Waals surface area contributed by atoms with Crippen molar-refractivity contribution >= 4 is 28.8 Å². The van der Waals surface area contributed by atoms with Gasteiger partial charge in [-0.1, -0.05) is 43.3 Å². The summed E-state index contributed by atoms with van der Waals surface area (Å²) in [6.07, 6.45) is 0.758. The first kappa shape index (κ1) is 23.2. The second kappa shape index (κ2) is 11.2. The molecule has 0 saturated heterocycles. The second-order valence-electron chi connectivity index (χ2n) is 7.40. The summed E-state index contributed by atoms with van der Waals surface area (Å²) < 4.78 is 11.5. The zero-order chi connectivity index (χ0) is 23.8. The summed E-state index contributed by atoms with van der Waals surface area (Å²) in [7, 11) is 0. The van der Waals surface area contributed by atoms with Crippen molar-refractivity contribution in [3.8, 4) is 16.5 Å². The van der Waals surface area contributed by atoms with Crippen LogP contribution in [-0.4, -0.2) is 40.1 Å². The van der Waals surface area contributed by atoms with Gasteiger partial charge in [0.2, 0.25) is 5.89 Å². The highest BCUT2D eigenvalue weighted by atomic mass is 32.1. The van der Waals surface area contributed by atoms with Gasteiger partial charge in [-0.15, -0.1) is 21.5 Å². The number of carbonyl (C=O) groups excluding carboxylic acids is 2. The first-order valence-electron chi connectivity index (χ1n) is 10.9. The molecule has 0 bridgehead atoms. The molecule has 4 aromatic rings. The molecule has 2 aromatic carbocycles. The van der Waals surface area contributed by atoms with Crippen molar-refractivity contribution in [1.29, 1.82) is 0 Å². The van der Waals surface area contributed by atoms with Crippen molar-refractivity contribution < 1.29 is 18.7 Å². The highest BCUT2D eigenvalue weighted by molar-refractivity contribution is 7.13. The molecule has 2 heterocycles. The van der Waals surface area contributed by atoms with Crippen LogP contribution < -0.4 is 10.1 Å². The maximum absolute atomic E-state index is 12.9. The summed E-state index contributed by atoms with van der Waals surface area (Å²) in [6.45, 7) is 2.45. The first-order chi connectivity index (χ1) is 16.6. The summed E-state index contributed by atoms with van der Waals surface area (Å²) in [5.41, 5.74) is 1.02. The normalized spacial score (nSPS) is 10.6. The molecule has 1 N–H and O–H groups in total. The number of thiophene rings is 1. The van der Waals surface area contributed by atoms with Crippen molar-refractivity contribution in [2.75, 3.05) is 18.5 Å². The summed E-state index contributed by atoms with van der Waals surface area (Å²) in [5, 5.41) is 12.9. The quantitative estimate of drug-likeness (QED) is 0.351. The van der Waals surface area contributed by atoms with Gasteiger partial charge in [-0.05, 0) is 42.1 Å². The molecule has 0 spiro atoms. The number of nitrogens with one attached hydrogen (secondary N) is 1. The van der Waals surface area contributed by atoms with E-state index >= 15 is 0 Å². The minimum atomic E-state index is -0.313. The average Bonchev–Trinajstić information content (AvgIpc) is 3.55. The minimum absolute atomic E-state index is 0.185. The number of amides is 2. The summed E-state index contributed by atoms with van der Waals surface area (Å²) in [4.78, 5) is 28.2. The van der Waals surface area contributed by atoms with Crippen LogP contribution in [0.15, 0.2) is 76.5 Å². The maximum atomic E-state index is 12.9. The van der Waals surface area contributed by atoms with E-state index in [1.54, 1.807) is 41.3 Å². The van der Waals surface area contributed by atoms with Crippen LogP contribution >= 0.6 is 11.3 Å². The van der Waals surface area contributed by atoms with Crippen molar-refractivity contribution in [2.24, 2.45) is 0 Å². The van der Waals surface area contributed by atoms with Gasteiger partial charge in [0.15, 0.2) is 6.61 Å². The van der Waals surface area contributed by atoms with Gasteiger partial charge in [0.25, 0.3) is 17.7 Å². The standard InChI is InChI=1S/C25H24N4O4S/c1-2-14-29(16-22-27-28-25(33-22)21-13-8-15-34-21)23(30)17-32-20-12-7-6-11-19(20)24(31)26-18-9-4-3-5-10-18/h3-13,15H,2,14,16-17H2,1H3,(H,26,31). The lowest BCUT2D eigenvalue weighted by atomic mass is 10.2. The zero-order valence-electron chi connectivity index (χ0n) is 18.6. The number of carbonyl (C=O) groups is 2. The fraction of sp³-hybridized carbons (Fsp3) is 0.200. The molecule has 0 aliphatic carbocycles. The molecular formula is C25H24N4O4S. The Morgan fingerprint density at radius 2 is 1.82 bits per heavy atom. The van der Waals surface area contributed by atoms with E-state index in [1.165, 1.54) is 11.3 Å². The Morgan fingerprint density at radius 3 is 2.59 bits per heavy atom. The maximum Gasteiger partial charge on any atom is 0.260 e. The third-order valence-electron chi connectivity index (χ3n) is 4.89. The Balaban J connectivity index is 1.40. The van der Waals surface area contributed by atoms with E-state index in [0.29, 0.717) is 35.3 Å². The SMILES string of the molecule is CCCN(Cc1nnc(-c2cccs2)o1)C(=O)COc1ccccc1C(=O)Nc1ccccc1. The van der Waals surface area contributed by atoms with Gasteiger partial charge in [0.1, 0.15) is 5.75 Å². The summed E-state index contributed by atoms with van der Waals surface area (Å²) in [6, 6.07) is 19.8. The van der Waals surface area contributed by atoms with Crippen LogP contribution in [0.25, 0.3) is 10.8 Å². The van der Waals surface area contributed by atoms with E-state index in [4.69, 9.17) is 9.15 Å². The second-order valence-corrected chi connectivity index (χ2v) is 8.35. The topological polar surface area (TPSA) is 97.6 Å². The smallest absolute Gasteiger partial charge is 0.260 e. The van der Waals surface area contributed by atoms with Crippen LogP contribution in [-0.2, 0) is 11.3 Å². The molecule has 2 amide bonds. The van der Waals surface area contributed by atoms with E-state index in [1.807, 2.05) is 42.6 Å². The Kier molecular flexibility index (Phi) is 7.67. The first-order valence-corrected chi connectivity index (χ1v) is 11.7. The average molecular weight is 477 g/mol. The predicted octanol–water partition coefficient (Wildman–Crippen LogP) is 4.87. The van der Waals surface area contributed by atoms with Gasteiger partial charge in [-0.2, -0.15) is 0 Å². The lowest BCUT2D eigenvalue weighted by Crippen LogP contribution is -2.35. The number of nitrogens with zero attached hydrogens (tertiary/aromatic N) is 3. The van der Waals surface area contributed by atoms with Crippen LogP contribution in [0.5, 0.6) is 5.75 Å². The minimum Gasteiger partial charge on any atom is -0.483 e. The van der Waals surface area contributed by atoms with Gasteiger partial charge in [-0.25, -0.2) is 0 Å². The van der Waals surface area contributed by atoms with Gasteiger partial charge < -0.3 is 19.4 Å². The molecule has 0 aliphatic heterocycles. The van der Waals surface area contributed by atoms with E-state index < -0.39 is 0 Å². The van der Waals surface area contributed by atoms with Crippen LogP contribution in [0.2, 0.25) is 0 Å². The third kappa shape index (κ3) is 5.87. The fourth-order valence-corrected chi connectivity index (χ4v) is 3.92. The van der Waals surface area contributed by atoms with Crippen molar-refractivity contribution in [3.05, 3.63) is 83.6 Å². The van der Waals surface area contributed by atoms with E-state index in [0.717, 1.165) is 11.3 Å². The van der Waals surface area contributed by atoms with Gasteiger partial charge in [0.05, 0.1) is 17.0 Å². The van der Waals surface area contributed by atoms with Crippen molar-refractivity contribution in [2.45, 2.75) is 19.9 Å². The molecule has 34 heavy (non-hydrogen) atoms. The highest BCUT2D eigenvalue weighted by Gasteiger charge is 2.20. The van der Waals surface area contributed by atoms with Crippen LogP contribution in [0.3, 0.4) is 0 Å². The number of hydrogen-bond donors (Lipinski definition) is 1. The molecular weight excluding hydrogens is 452 g/mol. The number of rotatable bonds is 10. The van der Waals surface area contributed by atoms with E-state index in [9.17, 15) is 9.59 Å². The highest BCUT2D eigenvalue weighted by Crippen LogP contribution is 2.24. The lowest BCUT2D eigenvalue weighted by Gasteiger charge is -2.21. The number of ether oxygens (including phenoxy) is 1. The van der Waals surface area contributed by atoms with E-state index in [2.05, 4.69) is 15.5 Å². The Morgan fingerprint density at radius 1 is 1.03 bits per heavy atom. The Labute approximate surface area is 201 Å². The largest absolute Gasteiger partial charge is 0.483 e. The summed E-state index contributed by atoms with van der Waals surface area (Å²) in [5.74, 6) is 0.567. The predicted molar refractivity (Wildman–Crippen MR) is 130 cm³/mol. The number of aromatic nitrogens is 2. The fourth-order valence-electron chi connectivity index (χ4n) is 3.27. The lowest BCUT2D eigenvalue weighted by molar-refractivity contribution is -0.134. The molecule has 0 unspecified atom stereocenters.